The van der Waals surface area contributed by atoms with E-state index in [1.54, 1.807) is 22.9 Å². The van der Waals surface area contributed by atoms with Crippen molar-refractivity contribution in [3.05, 3.63) is 45.4 Å². The minimum absolute atomic E-state index is 0.0529. The Labute approximate surface area is 135 Å². The largest absolute Gasteiger partial charge is 0.379 e. The molecular weight excluding hydrogens is 312 g/mol. The fraction of sp³-hybridized carbons (Fsp3) is 0.333. The Balaban J connectivity index is 1.75. The van der Waals surface area contributed by atoms with Gasteiger partial charge in [0.1, 0.15) is 11.2 Å². The Morgan fingerprint density at radius 3 is 3.08 bits per heavy atom. The zero-order valence-corrected chi connectivity index (χ0v) is 12.8. The van der Waals surface area contributed by atoms with Gasteiger partial charge in [0, 0.05) is 12.8 Å². The molecule has 3 aromatic heterocycles. The summed E-state index contributed by atoms with van der Waals surface area (Å²) in [6, 6.07) is 3.28. The van der Waals surface area contributed by atoms with Crippen molar-refractivity contribution in [2.45, 2.75) is 18.9 Å². The molecule has 4 heterocycles. The van der Waals surface area contributed by atoms with Crippen LogP contribution in [0.4, 0.5) is 11.6 Å². The number of fused-ring (bicyclic) bond motifs is 1. The van der Waals surface area contributed by atoms with Crippen molar-refractivity contribution in [2.24, 2.45) is 0 Å². The Morgan fingerprint density at radius 2 is 2.29 bits per heavy atom. The Kier molecular flexibility index (Phi) is 3.62. The third kappa shape index (κ3) is 2.58. The van der Waals surface area contributed by atoms with Crippen LogP contribution in [0.3, 0.4) is 0 Å². The van der Waals surface area contributed by atoms with E-state index < -0.39 is 0 Å². The first kappa shape index (κ1) is 14.6. The molecule has 9 nitrogen and oxygen atoms in total. The highest BCUT2D eigenvalue weighted by Crippen LogP contribution is 2.22. The molecule has 1 saturated heterocycles. The highest BCUT2D eigenvalue weighted by Gasteiger charge is 2.21. The molecule has 9 heteroatoms. The van der Waals surface area contributed by atoms with E-state index in [0.717, 1.165) is 12.8 Å². The lowest BCUT2D eigenvalue weighted by atomic mass is 10.1. The lowest BCUT2D eigenvalue weighted by molar-refractivity contribution is 0.0593. The molecular formula is C15H16N6O3. The summed E-state index contributed by atoms with van der Waals surface area (Å²) in [6.45, 7) is 1.20. The predicted molar refractivity (Wildman–Crippen MR) is 87.6 cm³/mol. The summed E-state index contributed by atoms with van der Waals surface area (Å²) in [4.78, 5) is 37.9. The van der Waals surface area contributed by atoms with Crippen LogP contribution in [0.2, 0.25) is 0 Å². The molecule has 0 bridgehead atoms. The van der Waals surface area contributed by atoms with Crippen molar-refractivity contribution in [3.63, 3.8) is 0 Å². The smallest absolute Gasteiger partial charge is 0.328 e. The molecule has 0 amide bonds. The molecule has 1 aliphatic heterocycles. The van der Waals surface area contributed by atoms with E-state index in [4.69, 9.17) is 4.74 Å². The fourth-order valence-corrected chi connectivity index (χ4v) is 2.88. The number of rotatable bonds is 3. The summed E-state index contributed by atoms with van der Waals surface area (Å²) >= 11 is 0. The van der Waals surface area contributed by atoms with Gasteiger partial charge in [0.25, 0.3) is 5.56 Å². The van der Waals surface area contributed by atoms with Crippen LogP contribution in [0.5, 0.6) is 0 Å². The molecule has 4 rings (SSSR count). The number of hydrogen-bond donors (Lipinski definition) is 3. The number of aromatic nitrogens is 5. The Bertz CT molecular complexity index is 983. The van der Waals surface area contributed by atoms with Crippen LogP contribution in [0.1, 0.15) is 18.9 Å². The maximum atomic E-state index is 12.3. The molecule has 0 radical (unpaired) electrons. The summed E-state index contributed by atoms with van der Waals surface area (Å²) in [5.74, 6) is 0.253. The van der Waals surface area contributed by atoms with Crippen LogP contribution in [-0.2, 0) is 4.74 Å². The number of H-pyrrole nitrogens is 2. The van der Waals surface area contributed by atoms with E-state index in [-0.39, 0.29) is 23.2 Å². The number of nitrogens with zero attached hydrogens (tertiary/aromatic N) is 3. The Hall–Kier alpha value is -2.94. The van der Waals surface area contributed by atoms with E-state index >= 15 is 0 Å². The molecule has 1 unspecified atom stereocenters. The second kappa shape index (κ2) is 5.93. The van der Waals surface area contributed by atoms with Crippen LogP contribution >= 0.6 is 0 Å². The van der Waals surface area contributed by atoms with E-state index in [1.807, 2.05) is 0 Å². The molecule has 0 saturated carbocycles. The van der Waals surface area contributed by atoms with Gasteiger partial charge < -0.3 is 20.0 Å². The molecule has 0 aromatic carbocycles. The zero-order valence-electron chi connectivity index (χ0n) is 12.8. The fourth-order valence-electron chi connectivity index (χ4n) is 2.88. The number of ether oxygens (including phenoxy) is 1. The molecule has 24 heavy (non-hydrogen) atoms. The van der Waals surface area contributed by atoms with Crippen molar-refractivity contribution in [1.82, 2.24) is 24.5 Å². The van der Waals surface area contributed by atoms with Crippen LogP contribution in [0.25, 0.3) is 11.2 Å². The van der Waals surface area contributed by atoms with Crippen molar-refractivity contribution < 1.29 is 4.74 Å². The van der Waals surface area contributed by atoms with Gasteiger partial charge in [-0.2, -0.15) is 4.98 Å². The van der Waals surface area contributed by atoms with Crippen molar-refractivity contribution in [2.75, 3.05) is 18.5 Å². The Morgan fingerprint density at radius 1 is 1.38 bits per heavy atom. The zero-order chi connectivity index (χ0) is 16.5. The number of aromatic amines is 2. The van der Waals surface area contributed by atoms with Crippen LogP contribution in [0, 0.1) is 0 Å². The SMILES string of the molecule is O=c1[nH]cccc1Nc1ncc2[nH]c(=O)n(C3CCCOC3)c2n1. The third-order valence-electron chi connectivity index (χ3n) is 4.02. The van der Waals surface area contributed by atoms with Gasteiger partial charge in [-0.05, 0) is 25.0 Å². The lowest BCUT2D eigenvalue weighted by Gasteiger charge is -2.22. The third-order valence-corrected chi connectivity index (χ3v) is 4.02. The maximum Gasteiger partial charge on any atom is 0.328 e. The highest BCUT2D eigenvalue weighted by molar-refractivity contribution is 5.71. The van der Waals surface area contributed by atoms with E-state index in [0.29, 0.717) is 30.1 Å². The number of pyridine rings is 1. The summed E-state index contributed by atoms with van der Waals surface area (Å²) in [5, 5.41) is 2.88. The van der Waals surface area contributed by atoms with E-state index in [9.17, 15) is 9.59 Å². The van der Waals surface area contributed by atoms with Crippen molar-refractivity contribution in [1.29, 1.82) is 0 Å². The van der Waals surface area contributed by atoms with Crippen LogP contribution in [0.15, 0.2) is 34.1 Å². The maximum absolute atomic E-state index is 12.3. The minimum Gasteiger partial charge on any atom is -0.379 e. The average molecular weight is 328 g/mol. The van der Waals surface area contributed by atoms with Crippen molar-refractivity contribution >= 4 is 22.8 Å². The number of nitrogens with one attached hydrogen (secondary N) is 3. The molecule has 1 aliphatic rings. The van der Waals surface area contributed by atoms with Crippen LogP contribution < -0.4 is 16.6 Å². The van der Waals surface area contributed by atoms with Gasteiger partial charge in [0.05, 0.1) is 18.8 Å². The molecule has 3 N–H and O–H groups in total. The normalized spacial score (nSPS) is 17.9. The molecule has 1 atom stereocenters. The minimum atomic E-state index is -0.270. The average Bonchev–Trinajstić information content (AvgIpc) is 2.93. The molecule has 3 aromatic rings. The van der Waals surface area contributed by atoms with E-state index in [2.05, 4.69) is 25.3 Å². The molecule has 0 aliphatic carbocycles. The number of imidazole rings is 1. The van der Waals surface area contributed by atoms with Gasteiger partial charge in [0.15, 0.2) is 5.65 Å². The second-order valence-electron chi connectivity index (χ2n) is 5.64. The van der Waals surface area contributed by atoms with Gasteiger partial charge in [-0.25, -0.2) is 9.78 Å². The van der Waals surface area contributed by atoms with Gasteiger partial charge >= 0.3 is 5.69 Å². The van der Waals surface area contributed by atoms with Gasteiger partial charge in [0.2, 0.25) is 5.95 Å². The van der Waals surface area contributed by atoms with Crippen molar-refractivity contribution in [3.8, 4) is 0 Å². The lowest BCUT2D eigenvalue weighted by Crippen LogP contribution is -2.29. The van der Waals surface area contributed by atoms with E-state index in [1.165, 1.54) is 6.20 Å². The summed E-state index contributed by atoms with van der Waals surface area (Å²) in [5.41, 5.74) is 0.888. The topological polar surface area (TPSA) is 118 Å². The van der Waals surface area contributed by atoms with Crippen LogP contribution in [-0.4, -0.2) is 37.7 Å². The number of anilines is 2. The first-order chi connectivity index (χ1) is 11.7. The molecule has 1 fully saturated rings. The quantitative estimate of drug-likeness (QED) is 0.657. The van der Waals surface area contributed by atoms with Gasteiger partial charge in [-0.15, -0.1) is 0 Å². The highest BCUT2D eigenvalue weighted by atomic mass is 16.5. The standard InChI is InChI=1S/C15H16N6O3/c22-13-10(4-1-5-16-13)18-14-17-7-11-12(20-14)21(15(23)19-11)9-3-2-6-24-8-9/h1,4-5,7,9H,2-3,6,8H2,(H,16,22)(H,19,23)(H,17,18,20). The van der Waals surface area contributed by atoms with Gasteiger partial charge in [-0.1, -0.05) is 0 Å². The predicted octanol–water partition coefficient (Wildman–Crippen LogP) is 0.903. The second-order valence-corrected chi connectivity index (χ2v) is 5.64. The monoisotopic (exact) mass is 328 g/mol. The van der Waals surface area contributed by atoms with Gasteiger partial charge in [-0.3, -0.25) is 9.36 Å². The summed E-state index contributed by atoms with van der Waals surface area (Å²) < 4.78 is 7.08. The summed E-state index contributed by atoms with van der Waals surface area (Å²) in [7, 11) is 0. The first-order valence-corrected chi connectivity index (χ1v) is 7.72. The number of hydrogen-bond acceptors (Lipinski definition) is 6. The molecule has 124 valence electrons. The first-order valence-electron chi connectivity index (χ1n) is 7.72. The molecule has 0 spiro atoms. The summed E-state index contributed by atoms with van der Waals surface area (Å²) in [6.07, 6.45) is 4.84.